The molecular weight excluding hydrogens is 300 g/mol. The van der Waals surface area contributed by atoms with E-state index in [1.807, 2.05) is 66.7 Å². The molecule has 0 amide bonds. The van der Waals surface area contributed by atoms with Crippen molar-refractivity contribution < 1.29 is 9.53 Å². The molecule has 0 aliphatic carbocycles. The van der Waals surface area contributed by atoms with Crippen molar-refractivity contribution in [3.05, 3.63) is 84.6 Å². The van der Waals surface area contributed by atoms with Gasteiger partial charge >= 0.3 is 5.97 Å². The van der Waals surface area contributed by atoms with E-state index >= 15 is 0 Å². The van der Waals surface area contributed by atoms with Gasteiger partial charge in [0, 0.05) is 17.2 Å². The van der Waals surface area contributed by atoms with Gasteiger partial charge in [0.05, 0.1) is 24.2 Å². The Morgan fingerprint density at radius 3 is 2.38 bits per heavy atom. The van der Waals surface area contributed by atoms with Gasteiger partial charge in [0.1, 0.15) is 0 Å². The molecule has 0 radical (unpaired) electrons. The van der Waals surface area contributed by atoms with E-state index < -0.39 is 0 Å². The first-order chi connectivity index (χ1) is 11.8. The van der Waals surface area contributed by atoms with Crippen molar-refractivity contribution in [2.45, 2.75) is 6.92 Å². The maximum Gasteiger partial charge on any atom is 0.332 e. The van der Waals surface area contributed by atoms with Gasteiger partial charge in [0.2, 0.25) is 0 Å². The van der Waals surface area contributed by atoms with Crippen molar-refractivity contribution >= 4 is 11.7 Å². The van der Waals surface area contributed by atoms with E-state index in [4.69, 9.17) is 4.74 Å². The van der Waals surface area contributed by atoms with Crippen LogP contribution in [0.15, 0.2) is 79.0 Å². The van der Waals surface area contributed by atoms with Gasteiger partial charge in [0.15, 0.2) is 0 Å². The minimum atomic E-state index is -0.383. The lowest BCUT2D eigenvalue weighted by molar-refractivity contribution is -0.137. The quantitative estimate of drug-likeness (QED) is 0.527. The van der Waals surface area contributed by atoms with Gasteiger partial charge in [0.25, 0.3) is 0 Å². The first-order valence-corrected chi connectivity index (χ1v) is 7.83. The topological polar surface area (TPSA) is 44.1 Å². The Hall–Kier alpha value is -3.14. The number of carbonyl (C=O) groups excluding carboxylic acids is 1. The lowest BCUT2D eigenvalue weighted by Gasteiger charge is -2.12. The van der Waals surface area contributed by atoms with Crippen molar-refractivity contribution in [3.8, 4) is 11.3 Å². The summed E-state index contributed by atoms with van der Waals surface area (Å²) in [5.41, 5.74) is 3.51. The lowest BCUT2D eigenvalue weighted by atomic mass is 10.1. The highest BCUT2D eigenvalue weighted by atomic mass is 16.5. The van der Waals surface area contributed by atoms with Crippen LogP contribution in [0, 0.1) is 0 Å². The number of carbonyl (C=O) groups is 1. The normalized spacial score (nSPS) is 11.3. The second-order valence-corrected chi connectivity index (χ2v) is 5.14. The number of hydrogen-bond donors (Lipinski definition) is 0. The molecule has 120 valence electrons. The zero-order chi connectivity index (χ0) is 16.8. The lowest BCUT2D eigenvalue weighted by Crippen LogP contribution is -2.08. The second-order valence-electron chi connectivity index (χ2n) is 5.14. The molecular formula is C20H18N2O2. The average molecular weight is 318 g/mol. The van der Waals surface area contributed by atoms with E-state index in [0.29, 0.717) is 12.3 Å². The second kappa shape index (κ2) is 7.42. The Morgan fingerprint density at radius 1 is 1.04 bits per heavy atom. The number of hydrogen-bond acceptors (Lipinski definition) is 3. The Labute approximate surface area is 141 Å². The minimum absolute atomic E-state index is 0.335. The van der Waals surface area contributed by atoms with Gasteiger partial charge in [-0.05, 0) is 13.0 Å². The SMILES string of the molecule is CCOC(=O)C=C(c1ccccc1)n1nccc1-c1ccccc1. The summed E-state index contributed by atoms with van der Waals surface area (Å²) in [7, 11) is 0. The molecule has 0 spiro atoms. The summed E-state index contributed by atoms with van der Waals surface area (Å²) >= 11 is 0. The third-order valence-corrected chi connectivity index (χ3v) is 3.55. The monoisotopic (exact) mass is 318 g/mol. The molecule has 0 bridgehead atoms. The van der Waals surface area contributed by atoms with Gasteiger partial charge in [-0.15, -0.1) is 0 Å². The number of aromatic nitrogens is 2. The van der Waals surface area contributed by atoms with Crippen LogP contribution in [0.2, 0.25) is 0 Å². The molecule has 0 aliphatic rings. The Morgan fingerprint density at radius 2 is 1.71 bits per heavy atom. The average Bonchev–Trinajstić information content (AvgIpc) is 3.11. The highest BCUT2D eigenvalue weighted by Crippen LogP contribution is 2.25. The smallest absolute Gasteiger partial charge is 0.332 e. The summed E-state index contributed by atoms with van der Waals surface area (Å²) < 4.78 is 6.85. The molecule has 4 heteroatoms. The Kier molecular flexibility index (Phi) is 4.87. The largest absolute Gasteiger partial charge is 0.463 e. The highest BCUT2D eigenvalue weighted by molar-refractivity contribution is 5.92. The van der Waals surface area contributed by atoms with Crippen LogP contribution in [-0.2, 0) is 9.53 Å². The van der Waals surface area contributed by atoms with E-state index in [-0.39, 0.29) is 5.97 Å². The third kappa shape index (κ3) is 3.43. The molecule has 4 nitrogen and oxygen atoms in total. The van der Waals surface area contributed by atoms with E-state index in [9.17, 15) is 4.79 Å². The number of benzene rings is 2. The molecule has 2 aromatic carbocycles. The van der Waals surface area contributed by atoms with E-state index in [1.165, 1.54) is 6.08 Å². The number of esters is 1. The molecule has 24 heavy (non-hydrogen) atoms. The van der Waals surface area contributed by atoms with Gasteiger partial charge in [-0.1, -0.05) is 60.7 Å². The molecule has 1 heterocycles. The molecule has 0 N–H and O–H groups in total. The summed E-state index contributed by atoms with van der Waals surface area (Å²) in [5, 5.41) is 4.42. The first-order valence-electron chi connectivity index (χ1n) is 7.83. The van der Waals surface area contributed by atoms with Crippen molar-refractivity contribution in [1.29, 1.82) is 0 Å². The number of rotatable bonds is 5. The predicted octanol–water partition coefficient (Wildman–Crippen LogP) is 4.00. The van der Waals surface area contributed by atoms with Crippen molar-refractivity contribution in [3.63, 3.8) is 0 Å². The van der Waals surface area contributed by atoms with Crippen molar-refractivity contribution in [2.24, 2.45) is 0 Å². The summed E-state index contributed by atoms with van der Waals surface area (Å²) in [5.74, 6) is -0.383. The van der Waals surface area contributed by atoms with Crippen LogP contribution in [0.1, 0.15) is 12.5 Å². The standard InChI is InChI=1S/C20H18N2O2/c1-2-24-20(23)15-19(17-11-7-4-8-12-17)22-18(13-14-21-22)16-9-5-3-6-10-16/h3-15H,2H2,1H3. The van der Waals surface area contributed by atoms with Gasteiger partial charge in [-0.3, -0.25) is 0 Å². The van der Waals surface area contributed by atoms with Gasteiger partial charge in [-0.2, -0.15) is 5.10 Å². The zero-order valence-electron chi connectivity index (χ0n) is 13.4. The molecule has 1 aromatic heterocycles. The minimum Gasteiger partial charge on any atom is -0.463 e. The molecule has 0 saturated heterocycles. The van der Waals surface area contributed by atoms with Crippen LogP contribution >= 0.6 is 0 Å². The fourth-order valence-electron chi connectivity index (χ4n) is 2.49. The fourth-order valence-corrected chi connectivity index (χ4v) is 2.49. The molecule has 0 fully saturated rings. The van der Waals surface area contributed by atoms with Crippen LogP contribution in [0.4, 0.5) is 0 Å². The maximum atomic E-state index is 12.0. The van der Waals surface area contributed by atoms with Crippen LogP contribution in [-0.4, -0.2) is 22.4 Å². The first kappa shape index (κ1) is 15.7. The third-order valence-electron chi connectivity index (χ3n) is 3.55. The van der Waals surface area contributed by atoms with Crippen LogP contribution in [0.3, 0.4) is 0 Å². The highest BCUT2D eigenvalue weighted by Gasteiger charge is 2.13. The fraction of sp³-hybridized carbons (Fsp3) is 0.100. The summed E-state index contributed by atoms with van der Waals surface area (Å²) in [6, 6.07) is 21.6. The molecule has 0 aliphatic heterocycles. The summed E-state index contributed by atoms with van der Waals surface area (Å²) in [6.45, 7) is 2.12. The van der Waals surface area contributed by atoms with Crippen LogP contribution in [0.5, 0.6) is 0 Å². The molecule has 3 rings (SSSR count). The van der Waals surface area contributed by atoms with Crippen LogP contribution in [0.25, 0.3) is 17.0 Å². The molecule has 0 saturated carbocycles. The van der Waals surface area contributed by atoms with E-state index in [0.717, 1.165) is 16.8 Å². The van der Waals surface area contributed by atoms with Crippen LogP contribution < -0.4 is 0 Å². The molecule has 0 unspecified atom stereocenters. The van der Waals surface area contributed by atoms with E-state index in [1.54, 1.807) is 17.8 Å². The summed E-state index contributed by atoms with van der Waals surface area (Å²) in [6.07, 6.45) is 3.21. The predicted molar refractivity (Wildman–Crippen MR) is 94.1 cm³/mol. The molecule has 0 atom stereocenters. The van der Waals surface area contributed by atoms with E-state index in [2.05, 4.69) is 5.10 Å². The molecule has 3 aromatic rings. The van der Waals surface area contributed by atoms with Crippen molar-refractivity contribution in [2.75, 3.05) is 6.61 Å². The van der Waals surface area contributed by atoms with Gasteiger partial charge in [-0.25, -0.2) is 9.48 Å². The maximum absolute atomic E-state index is 12.0. The number of nitrogens with zero attached hydrogens (tertiary/aromatic N) is 2. The summed E-state index contributed by atoms with van der Waals surface area (Å²) in [4.78, 5) is 12.0. The number of ether oxygens (including phenoxy) is 1. The van der Waals surface area contributed by atoms with Crippen molar-refractivity contribution in [1.82, 2.24) is 9.78 Å². The Balaban J connectivity index is 2.11. The van der Waals surface area contributed by atoms with Gasteiger partial charge < -0.3 is 4.74 Å². The zero-order valence-corrected chi connectivity index (χ0v) is 13.4. The Bertz CT molecular complexity index is 836.